The zero-order valence-electron chi connectivity index (χ0n) is 13.0. The summed E-state index contributed by atoms with van der Waals surface area (Å²) in [7, 11) is 0. The van der Waals surface area contributed by atoms with Crippen molar-refractivity contribution in [2.45, 2.75) is 19.3 Å². The van der Waals surface area contributed by atoms with Crippen molar-refractivity contribution in [1.82, 2.24) is 4.98 Å². The highest BCUT2D eigenvalue weighted by Gasteiger charge is 2.60. The van der Waals surface area contributed by atoms with Crippen LogP contribution in [0.1, 0.15) is 19.3 Å². The molecular formula is C19H16N2O3. The number of benzene rings is 1. The van der Waals surface area contributed by atoms with Crippen molar-refractivity contribution in [3.63, 3.8) is 0 Å². The summed E-state index contributed by atoms with van der Waals surface area (Å²) in [5.74, 6) is -1.13. The minimum absolute atomic E-state index is 0.0380. The van der Waals surface area contributed by atoms with E-state index < -0.39 is 5.92 Å². The number of carbonyl (C=O) groups is 3. The van der Waals surface area contributed by atoms with Gasteiger partial charge in [0.1, 0.15) is 5.78 Å². The number of hydrogen-bond acceptors (Lipinski definition) is 4. The van der Waals surface area contributed by atoms with E-state index in [1.165, 1.54) is 4.90 Å². The summed E-state index contributed by atoms with van der Waals surface area (Å²) >= 11 is 0. The van der Waals surface area contributed by atoms with Crippen LogP contribution in [0.25, 0.3) is 10.9 Å². The van der Waals surface area contributed by atoms with Crippen LogP contribution in [-0.4, -0.2) is 22.6 Å². The fourth-order valence-electron chi connectivity index (χ4n) is 4.84. The molecule has 2 bridgehead atoms. The van der Waals surface area contributed by atoms with Crippen molar-refractivity contribution >= 4 is 34.2 Å². The van der Waals surface area contributed by atoms with Crippen LogP contribution in [0, 0.1) is 23.7 Å². The molecule has 4 fully saturated rings. The molecule has 120 valence electrons. The monoisotopic (exact) mass is 320 g/mol. The Morgan fingerprint density at radius 3 is 2.67 bits per heavy atom. The fraction of sp³-hybridized carbons (Fsp3) is 0.368. The lowest BCUT2D eigenvalue weighted by molar-refractivity contribution is -0.143. The zero-order chi connectivity index (χ0) is 16.4. The van der Waals surface area contributed by atoms with Gasteiger partial charge in [-0.2, -0.15) is 0 Å². The third-order valence-corrected chi connectivity index (χ3v) is 5.91. The second-order valence-corrected chi connectivity index (χ2v) is 7.06. The lowest BCUT2D eigenvalue weighted by Gasteiger charge is -2.41. The largest absolute Gasteiger partial charge is 0.299 e. The van der Waals surface area contributed by atoms with E-state index in [-0.39, 0.29) is 35.4 Å². The molecule has 2 aromatic rings. The van der Waals surface area contributed by atoms with E-state index in [0.717, 1.165) is 23.7 Å². The Hall–Kier alpha value is -2.56. The lowest BCUT2D eigenvalue weighted by atomic mass is 9.59. The quantitative estimate of drug-likeness (QED) is 0.756. The second-order valence-electron chi connectivity index (χ2n) is 7.06. The maximum absolute atomic E-state index is 13.0. The summed E-state index contributed by atoms with van der Waals surface area (Å²) in [6.07, 6.45) is 3.80. The first-order valence-electron chi connectivity index (χ1n) is 8.40. The normalized spacial score (nSPS) is 31.8. The van der Waals surface area contributed by atoms with Crippen molar-refractivity contribution in [3.05, 3.63) is 36.5 Å². The molecule has 2 amide bonds. The summed E-state index contributed by atoms with van der Waals surface area (Å²) in [4.78, 5) is 43.7. The molecule has 3 aliphatic carbocycles. The molecule has 0 spiro atoms. The first-order chi connectivity index (χ1) is 11.6. The fourth-order valence-corrected chi connectivity index (χ4v) is 4.84. The predicted molar refractivity (Wildman–Crippen MR) is 87.1 cm³/mol. The Morgan fingerprint density at radius 2 is 1.83 bits per heavy atom. The molecule has 24 heavy (non-hydrogen) atoms. The van der Waals surface area contributed by atoms with Crippen LogP contribution >= 0.6 is 0 Å². The molecule has 0 radical (unpaired) electrons. The summed E-state index contributed by atoms with van der Waals surface area (Å²) in [6, 6.07) is 9.17. The smallest absolute Gasteiger partial charge is 0.238 e. The molecule has 4 atom stereocenters. The van der Waals surface area contributed by atoms with Gasteiger partial charge in [-0.15, -0.1) is 0 Å². The van der Waals surface area contributed by atoms with E-state index in [4.69, 9.17) is 0 Å². The van der Waals surface area contributed by atoms with Gasteiger partial charge in [0.25, 0.3) is 0 Å². The molecule has 1 aromatic heterocycles. The Balaban J connectivity index is 1.60. The van der Waals surface area contributed by atoms with Crippen LogP contribution in [-0.2, 0) is 14.4 Å². The van der Waals surface area contributed by atoms with Gasteiger partial charge in [0.15, 0.2) is 0 Å². The van der Waals surface area contributed by atoms with Crippen LogP contribution in [0.15, 0.2) is 36.5 Å². The lowest BCUT2D eigenvalue weighted by Crippen LogP contribution is -2.46. The Kier molecular flexibility index (Phi) is 2.72. The average Bonchev–Trinajstić information content (AvgIpc) is 2.88. The second kappa shape index (κ2) is 4.72. The highest BCUT2D eigenvalue weighted by Crippen LogP contribution is 2.52. The molecule has 0 N–H and O–H groups in total. The molecule has 5 heteroatoms. The van der Waals surface area contributed by atoms with Crippen molar-refractivity contribution in [2.24, 2.45) is 23.7 Å². The summed E-state index contributed by atoms with van der Waals surface area (Å²) in [6.45, 7) is 0. The number of pyridine rings is 1. The van der Waals surface area contributed by atoms with E-state index in [9.17, 15) is 14.4 Å². The van der Waals surface area contributed by atoms with Gasteiger partial charge in [0.05, 0.1) is 23.0 Å². The molecular weight excluding hydrogens is 304 g/mol. The number of ketones is 1. The van der Waals surface area contributed by atoms with Crippen molar-refractivity contribution in [3.8, 4) is 0 Å². The summed E-state index contributed by atoms with van der Waals surface area (Å²) in [5.41, 5.74) is 1.42. The SMILES string of the molecule is O=C1CC2CCC1C1C(=O)N(c3ccc4ncccc4c3)C(=O)C21. The first-order valence-corrected chi connectivity index (χ1v) is 8.40. The number of rotatable bonds is 1. The Bertz CT molecular complexity index is 906. The third-order valence-electron chi connectivity index (χ3n) is 5.91. The highest BCUT2D eigenvalue weighted by atomic mass is 16.2. The Morgan fingerprint density at radius 1 is 1.00 bits per heavy atom. The van der Waals surface area contributed by atoms with Crippen LogP contribution in [0.2, 0.25) is 0 Å². The molecule has 4 aliphatic rings. The minimum Gasteiger partial charge on any atom is -0.299 e. The number of imide groups is 1. The van der Waals surface area contributed by atoms with Crippen molar-refractivity contribution in [1.29, 1.82) is 0 Å². The van der Waals surface area contributed by atoms with Crippen LogP contribution in [0.3, 0.4) is 0 Å². The summed E-state index contributed by atoms with van der Waals surface area (Å²) < 4.78 is 0. The maximum atomic E-state index is 13.0. The molecule has 6 rings (SSSR count). The molecule has 4 unspecified atom stereocenters. The molecule has 2 heterocycles. The van der Waals surface area contributed by atoms with Gasteiger partial charge >= 0.3 is 0 Å². The number of Topliss-reactive ketones (excluding diaryl/α,β-unsaturated/α-hetero) is 1. The van der Waals surface area contributed by atoms with Gasteiger partial charge in [-0.1, -0.05) is 6.07 Å². The standard InChI is InChI=1S/C19H16N2O3/c22-15-9-11-3-5-13(15)17-16(11)18(23)21(19(17)24)12-4-6-14-10(8-12)2-1-7-20-14/h1-2,4,6-8,11,13,16-17H,3,5,9H2. The average molecular weight is 320 g/mol. The van der Waals surface area contributed by atoms with E-state index in [0.29, 0.717) is 12.1 Å². The Labute approximate surface area is 138 Å². The van der Waals surface area contributed by atoms with E-state index in [2.05, 4.69) is 4.98 Å². The topological polar surface area (TPSA) is 67.3 Å². The number of nitrogens with zero attached hydrogens (tertiary/aromatic N) is 2. The predicted octanol–water partition coefficient (Wildman–Crippen LogP) is 2.34. The third kappa shape index (κ3) is 1.70. The zero-order valence-corrected chi connectivity index (χ0v) is 13.0. The van der Waals surface area contributed by atoms with Crippen molar-refractivity contribution < 1.29 is 14.4 Å². The molecule has 1 saturated heterocycles. The van der Waals surface area contributed by atoms with Gasteiger partial charge in [0.2, 0.25) is 11.8 Å². The number of fused-ring (bicyclic) bond motifs is 3. The number of aromatic nitrogens is 1. The van der Waals surface area contributed by atoms with Crippen LogP contribution < -0.4 is 4.90 Å². The molecule has 3 saturated carbocycles. The van der Waals surface area contributed by atoms with E-state index in [1.807, 2.05) is 24.3 Å². The number of amides is 2. The van der Waals surface area contributed by atoms with Gasteiger partial charge in [0, 0.05) is 23.9 Å². The van der Waals surface area contributed by atoms with E-state index >= 15 is 0 Å². The van der Waals surface area contributed by atoms with Crippen LogP contribution in [0.4, 0.5) is 5.69 Å². The van der Waals surface area contributed by atoms with Gasteiger partial charge in [-0.25, -0.2) is 0 Å². The molecule has 1 aromatic carbocycles. The maximum Gasteiger partial charge on any atom is 0.238 e. The molecule has 5 nitrogen and oxygen atoms in total. The number of carbonyl (C=O) groups excluding carboxylic acids is 3. The number of hydrogen-bond donors (Lipinski definition) is 0. The first kappa shape index (κ1) is 13.8. The summed E-state index contributed by atoms with van der Waals surface area (Å²) in [5, 5.41) is 0.893. The molecule has 1 aliphatic heterocycles. The van der Waals surface area contributed by atoms with Gasteiger partial charge < -0.3 is 0 Å². The van der Waals surface area contributed by atoms with Crippen molar-refractivity contribution in [2.75, 3.05) is 4.90 Å². The highest BCUT2D eigenvalue weighted by molar-refractivity contribution is 6.24. The van der Waals surface area contributed by atoms with Crippen LogP contribution in [0.5, 0.6) is 0 Å². The minimum atomic E-state index is -0.443. The van der Waals surface area contributed by atoms with Gasteiger partial charge in [-0.3, -0.25) is 24.3 Å². The number of anilines is 1. The van der Waals surface area contributed by atoms with Gasteiger partial charge in [-0.05, 0) is 43.0 Å². The van der Waals surface area contributed by atoms with E-state index in [1.54, 1.807) is 12.3 Å².